The number of nitrogens with one attached hydrogen (secondary N) is 1. The zero-order valence-electron chi connectivity index (χ0n) is 9.84. The quantitative estimate of drug-likeness (QED) is 0.692. The molecule has 0 bridgehead atoms. The maximum absolute atomic E-state index is 6.05. The standard InChI is InChI=1S/C13H12N4S/c1-8-4-2-5-9(11(8)14)12-15-13(17-16-12)10-6-3-7-18-10/h2-7H,14H2,1H3,(H,15,16,17). The first kappa shape index (κ1) is 11.0. The van der Waals surface area contributed by atoms with Crippen LogP contribution in [0.1, 0.15) is 5.56 Å². The van der Waals surface area contributed by atoms with Gasteiger partial charge in [0, 0.05) is 11.3 Å². The number of aromatic nitrogens is 3. The van der Waals surface area contributed by atoms with E-state index in [1.165, 1.54) is 0 Å². The Morgan fingerprint density at radius 3 is 2.89 bits per heavy atom. The third-order valence-corrected chi connectivity index (χ3v) is 3.68. The molecule has 0 unspecified atom stereocenters. The number of aromatic amines is 1. The van der Waals surface area contributed by atoms with Gasteiger partial charge in [-0.3, -0.25) is 5.10 Å². The number of rotatable bonds is 2. The van der Waals surface area contributed by atoms with Crippen LogP contribution in [0.25, 0.3) is 22.1 Å². The molecule has 4 nitrogen and oxygen atoms in total. The molecule has 3 aromatic rings. The third kappa shape index (κ3) is 1.78. The Balaban J connectivity index is 2.06. The molecular weight excluding hydrogens is 244 g/mol. The lowest BCUT2D eigenvalue weighted by Crippen LogP contribution is -1.94. The molecule has 0 amide bonds. The average Bonchev–Trinajstić information content (AvgIpc) is 3.01. The van der Waals surface area contributed by atoms with Gasteiger partial charge in [0.15, 0.2) is 11.6 Å². The van der Waals surface area contributed by atoms with Crippen LogP contribution in [0.3, 0.4) is 0 Å². The Morgan fingerprint density at radius 2 is 2.11 bits per heavy atom. The first-order chi connectivity index (χ1) is 8.75. The Hall–Kier alpha value is -2.14. The average molecular weight is 256 g/mol. The number of para-hydroxylation sites is 1. The molecule has 0 aliphatic rings. The van der Waals surface area contributed by atoms with Gasteiger partial charge in [0.05, 0.1) is 4.88 Å². The fraction of sp³-hybridized carbons (Fsp3) is 0.0769. The topological polar surface area (TPSA) is 67.6 Å². The van der Waals surface area contributed by atoms with E-state index in [0.717, 1.165) is 27.5 Å². The Labute approximate surface area is 109 Å². The highest BCUT2D eigenvalue weighted by molar-refractivity contribution is 7.13. The van der Waals surface area contributed by atoms with E-state index < -0.39 is 0 Å². The van der Waals surface area contributed by atoms with Crippen LogP contribution >= 0.6 is 11.3 Å². The third-order valence-electron chi connectivity index (χ3n) is 2.81. The number of nitrogens with zero attached hydrogens (tertiary/aromatic N) is 2. The van der Waals surface area contributed by atoms with E-state index in [2.05, 4.69) is 15.2 Å². The minimum Gasteiger partial charge on any atom is -0.398 e. The van der Waals surface area contributed by atoms with Crippen molar-refractivity contribution in [3.05, 3.63) is 41.3 Å². The van der Waals surface area contributed by atoms with E-state index in [9.17, 15) is 0 Å². The second kappa shape index (κ2) is 4.27. The summed E-state index contributed by atoms with van der Waals surface area (Å²) in [6.07, 6.45) is 0. The Bertz CT molecular complexity index is 670. The molecule has 1 aromatic carbocycles. The second-order valence-corrected chi connectivity index (χ2v) is 4.97. The smallest absolute Gasteiger partial charge is 0.183 e. The molecule has 0 radical (unpaired) electrons. The number of H-pyrrole nitrogens is 1. The minimum atomic E-state index is 0.639. The van der Waals surface area contributed by atoms with Crippen LogP contribution in [0, 0.1) is 6.92 Å². The zero-order chi connectivity index (χ0) is 12.5. The number of nitrogen functional groups attached to an aromatic ring is 1. The van der Waals surface area contributed by atoms with E-state index in [1.54, 1.807) is 11.3 Å². The summed E-state index contributed by atoms with van der Waals surface area (Å²) in [6, 6.07) is 9.87. The van der Waals surface area contributed by atoms with Gasteiger partial charge in [0.2, 0.25) is 0 Å². The van der Waals surface area contributed by atoms with Crippen molar-refractivity contribution < 1.29 is 0 Å². The molecule has 18 heavy (non-hydrogen) atoms. The molecule has 5 heteroatoms. The van der Waals surface area contributed by atoms with Crippen LogP contribution in [0.5, 0.6) is 0 Å². The number of aryl methyl sites for hydroxylation is 1. The molecule has 0 spiro atoms. The SMILES string of the molecule is Cc1cccc(-c2n[nH]c(-c3cccs3)n2)c1N. The predicted molar refractivity (Wildman–Crippen MR) is 74.3 cm³/mol. The number of anilines is 1. The van der Waals surface area contributed by atoms with Crippen LogP contribution in [-0.2, 0) is 0 Å². The Kier molecular flexibility index (Phi) is 2.60. The molecule has 0 atom stereocenters. The van der Waals surface area contributed by atoms with Gasteiger partial charge in [-0.1, -0.05) is 18.2 Å². The lowest BCUT2D eigenvalue weighted by atomic mass is 10.1. The molecule has 3 rings (SSSR count). The highest BCUT2D eigenvalue weighted by atomic mass is 32.1. The van der Waals surface area contributed by atoms with Gasteiger partial charge < -0.3 is 5.73 Å². The summed E-state index contributed by atoms with van der Waals surface area (Å²) in [5.74, 6) is 1.42. The summed E-state index contributed by atoms with van der Waals surface area (Å²) in [5.41, 5.74) is 8.69. The first-order valence-electron chi connectivity index (χ1n) is 5.57. The normalized spacial score (nSPS) is 10.7. The maximum Gasteiger partial charge on any atom is 0.183 e. The molecule has 0 aliphatic carbocycles. The monoisotopic (exact) mass is 256 g/mol. The van der Waals surface area contributed by atoms with Crippen LogP contribution in [0.2, 0.25) is 0 Å². The van der Waals surface area contributed by atoms with Crippen molar-refractivity contribution in [1.82, 2.24) is 15.2 Å². The number of nitrogens with two attached hydrogens (primary N) is 1. The van der Waals surface area contributed by atoms with Crippen LogP contribution in [0.15, 0.2) is 35.7 Å². The van der Waals surface area contributed by atoms with Crippen LogP contribution in [-0.4, -0.2) is 15.2 Å². The van der Waals surface area contributed by atoms with Gasteiger partial charge in [-0.15, -0.1) is 11.3 Å². The summed E-state index contributed by atoms with van der Waals surface area (Å²) in [5, 5.41) is 9.19. The maximum atomic E-state index is 6.05. The van der Waals surface area contributed by atoms with Gasteiger partial charge in [0.1, 0.15) is 0 Å². The van der Waals surface area contributed by atoms with Crippen LogP contribution < -0.4 is 5.73 Å². The van der Waals surface area contributed by atoms with Crippen LogP contribution in [0.4, 0.5) is 5.69 Å². The van der Waals surface area contributed by atoms with E-state index in [-0.39, 0.29) is 0 Å². The van der Waals surface area contributed by atoms with Gasteiger partial charge in [0.25, 0.3) is 0 Å². The molecule has 3 N–H and O–H groups in total. The largest absolute Gasteiger partial charge is 0.398 e. The lowest BCUT2D eigenvalue weighted by molar-refractivity contribution is 1.10. The molecule has 0 fully saturated rings. The molecule has 0 saturated carbocycles. The highest BCUT2D eigenvalue weighted by Crippen LogP contribution is 2.28. The van der Waals surface area contributed by atoms with Gasteiger partial charge in [-0.2, -0.15) is 5.10 Å². The molecule has 2 heterocycles. The second-order valence-electron chi connectivity index (χ2n) is 4.02. The van der Waals surface area contributed by atoms with Crippen molar-refractivity contribution >= 4 is 17.0 Å². The minimum absolute atomic E-state index is 0.639. The molecule has 2 aromatic heterocycles. The van der Waals surface area contributed by atoms with Crippen molar-refractivity contribution in [2.75, 3.05) is 5.73 Å². The van der Waals surface area contributed by atoms with Gasteiger partial charge >= 0.3 is 0 Å². The Morgan fingerprint density at radius 1 is 1.22 bits per heavy atom. The van der Waals surface area contributed by atoms with Crippen molar-refractivity contribution in [2.45, 2.75) is 6.92 Å². The predicted octanol–water partition coefficient (Wildman–Crippen LogP) is 3.09. The van der Waals surface area contributed by atoms with Crippen molar-refractivity contribution in [3.63, 3.8) is 0 Å². The fourth-order valence-corrected chi connectivity index (χ4v) is 2.45. The van der Waals surface area contributed by atoms with E-state index in [0.29, 0.717) is 5.82 Å². The lowest BCUT2D eigenvalue weighted by Gasteiger charge is -2.03. The van der Waals surface area contributed by atoms with E-state index in [4.69, 9.17) is 5.73 Å². The number of hydrogen-bond acceptors (Lipinski definition) is 4. The fourth-order valence-electron chi connectivity index (χ4n) is 1.78. The molecular formula is C13H12N4S. The van der Waals surface area contributed by atoms with Gasteiger partial charge in [-0.25, -0.2) is 4.98 Å². The number of hydrogen-bond donors (Lipinski definition) is 2. The number of thiophene rings is 1. The summed E-state index contributed by atoms with van der Waals surface area (Å²) >= 11 is 1.63. The molecule has 0 aliphatic heterocycles. The van der Waals surface area contributed by atoms with Crippen molar-refractivity contribution in [2.24, 2.45) is 0 Å². The van der Waals surface area contributed by atoms with Gasteiger partial charge in [-0.05, 0) is 30.0 Å². The molecule has 90 valence electrons. The molecule has 0 saturated heterocycles. The first-order valence-corrected chi connectivity index (χ1v) is 6.45. The van der Waals surface area contributed by atoms with Crippen molar-refractivity contribution in [1.29, 1.82) is 0 Å². The zero-order valence-corrected chi connectivity index (χ0v) is 10.7. The summed E-state index contributed by atoms with van der Waals surface area (Å²) in [7, 11) is 0. The number of benzene rings is 1. The van der Waals surface area contributed by atoms with Crippen molar-refractivity contribution in [3.8, 4) is 22.1 Å². The van der Waals surface area contributed by atoms with E-state index >= 15 is 0 Å². The summed E-state index contributed by atoms with van der Waals surface area (Å²) < 4.78 is 0. The van der Waals surface area contributed by atoms with E-state index in [1.807, 2.05) is 42.6 Å². The summed E-state index contributed by atoms with van der Waals surface area (Å²) in [6.45, 7) is 1.98. The summed E-state index contributed by atoms with van der Waals surface area (Å²) in [4.78, 5) is 5.56. The highest BCUT2D eigenvalue weighted by Gasteiger charge is 2.11.